The fourth-order valence-electron chi connectivity index (χ4n) is 3.52. The first kappa shape index (κ1) is 25.8. The Morgan fingerprint density at radius 2 is 1.86 bits per heavy atom. The summed E-state index contributed by atoms with van der Waals surface area (Å²) in [5.41, 5.74) is 0.0531. The maximum atomic E-state index is 13.2. The van der Waals surface area contributed by atoms with Crippen LogP contribution >= 0.6 is 0 Å². The van der Waals surface area contributed by atoms with Crippen LogP contribution in [0, 0.1) is 6.92 Å². The number of sulfone groups is 1. The lowest BCUT2D eigenvalue weighted by atomic mass is 10.1. The Morgan fingerprint density at radius 3 is 2.44 bits per heavy atom. The summed E-state index contributed by atoms with van der Waals surface area (Å²) in [4.78, 5) is 31.3. The van der Waals surface area contributed by atoms with Crippen molar-refractivity contribution in [3.05, 3.63) is 41.6 Å². The fourth-order valence-corrected chi connectivity index (χ4v) is 5.18. The maximum absolute atomic E-state index is 13.2. The first-order valence-corrected chi connectivity index (χ1v) is 13.3. The number of aromatic nitrogens is 2. The predicted molar refractivity (Wildman–Crippen MR) is 131 cm³/mol. The van der Waals surface area contributed by atoms with Crippen LogP contribution in [0.15, 0.2) is 40.4 Å². The first-order chi connectivity index (χ1) is 16.9. The van der Waals surface area contributed by atoms with Crippen LogP contribution in [0.3, 0.4) is 0 Å². The number of carbonyl (C=O) groups is 2. The number of oxime groups is 1. The van der Waals surface area contributed by atoms with E-state index in [1.807, 2.05) is 0 Å². The van der Waals surface area contributed by atoms with Gasteiger partial charge in [0.05, 0.1) is 23.4 Å². The van der Waals surface area contributed by atoms with E-state index in [1.54, 1.807) is 27.7 Å². The highest BCUT2D eigenvalue weighted by Gasteiger charge is 2.37. The summed E-state index contributed by atoms with van der Waals surface area (Å²) in [6.45, 7) is 7.78. The number of hydrogen-bond acceptors (Lipinski definition) is 9. The maximum Gasteiger partial charge on any atom is 0.435 e. The van der Waals surface area contributed by atoms with Crippen LogP contribution in [0.4, 0.5) is 10.6 Å². The monoisotopic (exact) mass is 518 g/mol. The molecule has 1 N–H and O–H groups in total. The molecule has 1 aliphatic carbocycles. The number of nitrogens with zero attached hydrogens (tertiary/aromatic N) is 3. The molecule has 2 fully saturated rings. The van der Waals surface area contributed by atoms with Crippen molar-refractivity contribution in [3.8, 4) is 0 Å². The minimum absolute atomic E-state index is 0.0678. The minimum atomic E-state index is -3.37. The third kappa shape index (κ3) is 6.11. The molecule has 2 aliphatic rings. The molecule has 11 nitrogen and oxygen atoms in total. The number of carbonyl (C=O) groups excluding carboxylic acids is 2. The van der Waals surface area contributed by atoms with Crippen LogP contribution in [0.2, 0.25) is 0 Å². The van der Waals surface area contributed by atoms with Gasteiger partial charge in [0.2, 0.25) is 0 Å². The number of benzene rings is 1. The standard InChI is InChI=1S/C24H30N4O7S/c1-15-13-20(26-28(15)23(30)34-24(2,3)4)25-22(29)21(27-35-17-11-12-33-14-17)16-5-7-18(8-6-16)36(31,32)19-9-10-19/h5-8,13,17,19H,9-12,14H2,1-4H3,(H,25,26,29)/b27-21+/t17-/m1/s1. The third-order valence-electron chi connectivity index (χ3n) is 5.51. The van der Waals surface area contributed by atoms with Gasteiger partial charge >= 0.3 is 6.09 Å². The molecule has 1 amide bonds. The molecule has 1 saturated carbocycles. The van der Waals surface area contributed by atoms with Gasteiger partial charge in [0.25, 0.3) is 5.91 Å². The first-order valence-electron chi connectivity index (χ1n) is 11.7. The van der Waals surface area contributed by atoms with E-state index < -0.39 is 27.4 Å². The van der Waals surface area contributed by atoms with Crippen LogP contribution in [-0.4, -0.2) is 66.1 Å². The smallest absolute Gasteiger partial charge is 0.435 e. The highest BCUT2D eigenvalue weighted by molar-refractivity contribution is 7.92. The summed E-state index contributed by atoms with van der Waals surface area (Å²) >= 11 is 0. The van der Waals surface area contributed by atoms with Gasteiger partial charge in [-0.05, 0) is 52.7 Å². The number of ether oxygens (including phenoxy) is 2. The summed E-state index contributed by atoms with van der Waals surface area (Å²) in [5.74, 6) is -0.520. The summed E-state index contributed by atoms with van der Waals surface area (Å²) < 4.78 is 36.7. The quantitative estimate of drug-likeness (QED) is 0.436. The number of hydrogen-bond donors (Lipinski definition) is 1. The van der Waals surface area contributed by atoms with Gasteiger partial charge in [-0.25, -0.2) is 13.2 Å². The molecule has 0 unspecified atom stereocenters. The predicted octanol–water partition coefficient (Wildman–Crippen LogP) is 3.06. The summed E-state index contributed by atoms with van der Waals surface area (Å²) in [7, 11) is -3.37. The van der Waals surface area contributed by atoms with Gasteiger partial charge in [-0.2, -0.15) is 4.68 Å². The molecule has 12 heteroatoms. The fraction of sp³-hybridized carbons (Fsp3) is 0.500. The Morgan fingerprint density at radius 1 is 1.17 bits per heavy atom. The molecule has 2 aromatic rings. The van der Waals surface area contributed by atoms with Crippen molar-refractivity contribution in [1.29, 1.82) is 0 Å². The lowest BCUT2D eigenvalue weighted by Gasteiger charge is -2.19. The average molecular weight is 519 g/mol. The topological polar surface area (TPSA) is 138 Å². The average Bonchev–Trinajstić information content (AvgIpc) is 3.42. The molecule has 1 atom stereocenters. The molecule has 0 bridgehead atoms. The van der Waals surface area contributed by atoms with E-state index >= 15 is 0 Å². The second-order valence-electron chi connectivity index (χ2n) is 9.82. The van der Waals surface area contributed by atoms with Crippen molar-refractivity contribution in [2.24, 2.45) is 5.16 Å². The van der Waals surface area contributed by atoms with Crippen molar-refractivity contribution < 1.29 is 32.3 Å². The second-order valence-corrected chi connectivity index (χ2v) is 12.0. The zero-order valence-electron chi connectivity index (χ0n) is 20.7. The molecule has 4 rings (SSSR count). The molecule has 1 aliphatic heterocycles. The normalized spacial score (nSPS) is 18.7. The Kier molecular flexibility index (Phi) is 7.19. The summed E-state index contributed by atoms with van der Waals surface area (Å²) in [6.07, 6.45) is 0.983. The van der Waals surface area contributed by atoms with E-state index in [-0.39, 0.29) is 27.8 Å². The number of rotatable bonds is 7. The van der Waals surface area contributed by atoms with E-state index in [4.69, 9.17) is 14.3 Å². The lowest BCUT2D eigenvalue weighted by Crippen LogP contribution is -2.29. The third-order valence-corrected chi connectivity index (χ3v) is 7.79. The number of aryl methyl sites for hydroxylation is 1. The Labute approximate surface area is 209 Å². The Balaban J connectivity index is 1.56. The van der Waals surface area contributed by atoms with E-state index in [9.17, 15) is 18.0 Å². The van der Waals surface area contributed by atoms with Crippen molar-refractivity contribution in [2.45, 2.75) is 68.8 Å². The number of anilines is 1. The molecule has 0 radical (unpaired) electrons. The Bertz CT molecular complexity index is 1270. The van der Waals surface area contributed by atoms with Crippen molar-refractivity contribution in [1.82, 2.24) is 9.78 Å². The van der Waals surface area contributed by atoms with Gasteiger partial charge in [0.1, 0.15) is 5.60 Å². The lowest BCUT2D eigenvalue weighted by molar-refractivity contribution is -0.110. The van der Waals surface area contributed by atoms with Gasteiger partial charge < -0.3 is 19.6 Å². The van der Waals surface area contributed by atoms with Crippen molar-refractivity contribution in [2.75, 3.05) is 18.5 Å². The molecule has 0 spiro atoms. The van der Waals surface area contributed by atoms with Crippen molar-refractivity contribution >= 4 is 33.4 Å². The molecule has 1 aromatic carbocycles. The van der Waals surface area contributed by atoms with Crippen LogP contribution in [0.1, 0.15) is 51.3 Å². The van der Waals surface area contributed by atoms with Gasteiger partial charge in [-0.3, -0.25) is 4.79 Å². The van der Waals surface area contributed by atoms with Gasteiger partial charge in [-0.1, -0.05) is 17.3 Å². The highest BCUT2D eigenvalue weighted by atomic mass is 32.2. The molecule has 2 heterocycles. The minimum Gasteiger partial charge on any atom is -0.442 e. The van der Waals surface area contributed by atoms with Crippen LogP contribution in [-0.2, 0) is 28.9 Å². The van der Waals surface area contributed by atoms with Gasteiger partial charge in [0, 0.05) is 23.7 Å². The van der Waals surface area contributed by atoms with E-state index in [0.717, 1.165) is 4.68 Å². The molecule has 1 aromatic heterocycles. The number of amides is 1. The molecule has 1 saturated heterocycles. The van der Waals surface area contributed by atoms with E-state index in [1.165, 1.54) is 30.3 Å². The summed E-state index contributed by atoms with van der Waals surface area (Å²) in [6, 6.07) is 7.49. The molecule has 36 heavy (non-hydrogen) atoms. The van der Waals surface area contributed by atoms with Gasteiger partial charge in [0.15, 0.2) is 27.5 Å². The zero-order chi connectivity index (χ0) is 26.1. The number of nitrogens with one attached hydrogen (secondary N) is 1. The van der Waals surface area contributed by atoms with Gasteiger partial charge in [-0.15, -0.1) is 5.10 Å². The highest BCUT2D eigenvalue weighted by Crippen LogP contribution is 2.33. The zero-order valence-corrected chi connectivity index (χ0v) is 21.5. The molecular formula is C24H30N4O7S. The van der Waals surface area contributed by atoms with Crippen LogP contribution < -0.4 is 5.32 Å². The second kappa shape index (κ2) is 10.0. The van der Waals surface area contributed by atoms with Crippen LogP contribution in [0.25, 0.3) is 0 Å². The Hall–Kier alpha value is -3.25. The van der Waals surface area contributed by atoms with E-state index in [0.29, 0.717) is 43.7 Å². The largest absolute Gasteiger partial charge is 0.442 e. The summed E-state index contributed by atoms with van der Waals surface area (Å²) in [5, 5.41) is 10.5. The van der Waals surface area contributed by atoms with Crippen LogP contribution in [0.5, 0.6) is 0 Å². The van der Waals surface area contributed by atoms with Crippen molar-refractivity contribution in [3.63, 3.8) is 0 Å². The molecular weight excluding hydrogens is 488 g/mol. The molecule has 194 valence electrons. The van der Waals surface area contributed by atoms with E-state index in [2.05, 4.69) is 15.6 Å². The SMILES string of the molecule is Cc1cc(NC(=O)/C(=N/O[C@@H]2CCOC2)c2ccc(S(=O)(=O)C3CC3)cc2)nn1C(=O)OC(C)(C)C.